The van der Waals surface area contributed by atoms with Crippen molar-refractivity contribution in [2.24, 2.45) is 0 Å². The van der Waals surface area contributed by atoms with E-state index in [1.54, 1.807) is 24.9 Å². The average Bonchev–Trinajstić information content (AvgIpc) is 2.65. The molecule has 0 fully saturated rings. The minimum Gasteiger partial charge on any atom is -0.340 e. The lowest BCUT2D eigenvalue weighted by Gasteiger charge is -2.18. The monoisotopic (exact) mass is 360 g/mol. The predicted octanol–water partition coefficient (Wildman–Crippen LogP) is 4.42. The summed E-state index contributed by atoms with van der Waals surface area (Å²) in [5.41, 5.74) is 4.79. The number of rotatable bonds is 5. The van der Waals surface area contributed by atoms with Gasteiger partial charge in [-0.3, -0.25) is 4.79 Å². The van der Waals surface area contributed by atoms with E-state index in [4.69, 9.17) is 0 Å². The van der Waals surface area contributed by atoms with Crippen LogP contribution in [0, 0.1) is 20.8 Å². The highest BCUT2D eigenvalue weighted by atomic mass is 16.2. The van der Waals surface area contributed by atoms with Crippen LogP contribution in [0.25, 0.3) is 0 Å². The highest BCUT2D eigenvalue weighted by Crippen LogP contribution is 2.22. The minimum atomic E-state index is -0.131. The fraction of sp³-hybridized carbons (Fsp3) is 0.227. The quantitative estimate of drug-likeness (QED) is 0.732. The predicted molar refractivity (Wildman–Crippen MR) is 108 cm³/mol. The second-order valence-corrected chi connectivity index (χ2v) is 6.70. The van der Waals surface area contributed by atoms with E-state index in [1.165, 1.54) is 5.56 Å². The first kappa shape index (κ1) is 18.6. The Kier molecular flexibility index (Phi) is 5.50. The number of carbonyl (C=O) groups is 1. The summed E-state index contributed by atoms with van der Waals surface area (Å²) in [5, 5.41) is 3.32. The first-order valence-corrected chi connectivity index (χ1v) is 8.92. The molecular formula is C22H24N4O. The number of carbonyl (C=O) groups excluding carboxylic acids is 1. The summed E-state index contributed by atoms with van der Waals surface area (Å²) in [6, 6.07) is 17.7. The second-order valence-electron chi connectivity index (χ2n) is 6.70. The summed E-state index contributed by atoms with van der Waals surface area (Å²) in [6.45, 7) is 6.45. The maximum atomic E-state index is 12.8. The zero-order valence-corrected chi connectivity index (χ0v) is 16.2. The number of hydrogen-bond acceptors (Lipinski definition) is 4. The zero-order chi connectivity index (χ0) is 19.4. The van der Waals surface area contributed by atoms with Gasteiger partial charge in [0.2, 0.25) is 0 Å². The standard InChI is InChI=1S/C22H24N4O/c1-15-9-8-12-19(16(15)2)25-21-13-20(23-17(3)24-21)22(27)26(4)14-18-10-6-5-7-11-18/h5-13H,14H2,1-4H3,(H,23,24,25). The van der Waals surface area contributed by atoms with Gasteiger partial charge < -0.3 is 10.2 Å². The molecule has 2 aromatic carbocycles. The average molecular weight is 360 g/mol. The second kappa shape index (κ2) is 7.99. The molecule has 0 aliphatic heterocycles. The summed E-state index contributed by atoms with van der Waals surface area (Å²) >= 11 is 0. The van der Waals surface area contributed by atoms with Gasteiger partial charge in [-0.1, -0.05) is 42.5 Å². The van der Waals surface area contributed by atoms with Gasteiger partial charge in [0.15, 0.2) is 0 Å². The van der Waals surface area contributed by atoms with E-state index in [-0.39, 0.29) is 5.91 Å². The van der Waals surface area contributed by atoms with Crippen LogP contribution >= 0.6 is 0 Å². The Hall–Kier alpha value is -3.21. The number of aromatic nitrogens is 2. The van der Waals surface area contributed by atoms with Crippen LogP contribution in [0.5, 0.6) is 0 Å². The molecule has 0 radical (unpaired) electrons. The molecule has 3 aromatic rings. The Morgan fingerprint density at radius 3 is 2.48 bits per heavy atom. The van der Waals surface area contributed by atoms with E-state index in [0.29, 0.717) is 23.9 Å². The Morgan fingerprint density at radius 1 is 1.00 bits per heavy atom. The lowest BCUT2D eigenvalue weighted by atomic mass is 10.1. The molecule has 138 valence electrons. The van der Waals surface area contributed by atoms with Crippen LogP contribution in [0.3, 0.4) is 0 Å². The third-order valence-electron chi connectivity index (χ3n) is 4.53. The topological polar surface area (TPSA) is 58.1 Å². The van der Waals surface area contributed by atoms with Crippen molar-refractivity contribution in [1.29, 1.82) is 0 Å². The molecule has 0 saturated carbocycles. The Bertz CT molecular complexity index is 954. The van der Waals surface area contributed by atoms with E-state index in [9.17, 15) is 4.79 Å². The number of hydrogen-bond donors (Lipinski definition) is 1. The minimum absolute atomic E-state index is 0.131. The first-order chi connectivity index (χ1) is 12.9. The number of nitrogens with zero attached hydrogens (tertiary/aromatic N) is 3. The van der Waals surface area contributed by atoms with E-state index >= 15 is 0 Å². The van der Waals surface area contributed by atoms with Gasteiger partial charge in [-0.15, -0.1) is 0 Å². The van der Waals surface area contributed by atoms with Crippen LogP contribution in [0.2, 0.25) is 0 Å². The number of aryl methyl sites for hydroxylation is 2. The molecule has 27 heavy (non-hydrogen) atoms. The van der Waals surface area contributed by atoms with Gasteiger partial charge in [0.25, 0.3) is 5.91 Å². The van der Waals surface area contributed by atoms with E-state index in [2.05, 4.69) is 35.2 Å². The van der Waals surface area contributed by atoms with Gasteiger partial charge in [0.1, 0.15) is 17.3 Å². The first-order valence-electron chi connectivity index (χ1n) is 8.92. The molecule has 0 unspecified atom stereocenters. The zero-order valence-electron chi connectivity index (χ0n) is 16.2. The highest BCUT2D eigenvalue weighted by molar-refractivity contribution is 5.93. The van der Waals surface area contributed by atoms with Gasteiger partial charge in [-0.2, -0.15) is 0 Å². The third-order valence-corrected chi connectivity index (χ3v) is 4.53. The van der Waals surface area contributed by atoms with Gasteiger partial charge >= 0.3 is 0 Å². The molecule has 5 nitrogen and oxygen atoms in total. The van der Waals surface area contributed by atoms with E-state index < -0.39 is 0 Å². The Labute approximate surface area is 160 Å². The largest absolute Gasteiger partial charge is 0.340 e. The lowest BCUT2D eigenvalue weighted by Crippen LogP contribution is -2.27. The van der Waals surface area contributed by atoms with Crippen LogP contribution in [-0.4, -0.2) is 27.8 Å². The molecule has 1 heterocycles. The molecule has 5 heteroatoms. The van der Waals surface area contributed by atoms with Crippen LogP contribution in [0.15, 0.2) is 54.6 Å². The van der Waals surface area contributed by atoms with Gasteiger partial charge in [-0.05, 0) is 43.5 Å². The fourth-order valence-corrected chi connectivity index (χ4v) is 2.89. The van der Waals surface area contributed by atoms with E-state index in [0.717, 1.165) is 16.8 Å². The third kappa shape index (κ3) is 4.50. The summed E-state index contributed by atoms with van der Waals surface area (Å²) in [5.74, 6) is 1.04. The fourth-order valence-electron chi connectivity index (χ4n) is 2.89. The maximum Gasteiger partial charge on any atom is 0.272 e. The normalized spacial score (nSPS) is 10.5. The van der Waals surface area contributed by atoms with Crippen molar-refractivity contribution in [3.63, 3.8) is 0 Å². The SMILES string of the molecule is Cc1nc(Nc2cccc(C)c2C)cc(C(=O)N(C)Cc2ccccc2)n1. The maximum absolute atomic E-state index is 12.8. The molecule has 0 aliphatic rings. The molecular weight excluding hydrogens is 336 g/mol. The summed E-state index contributed by atoms with van der Waals surface area (Å²) in [4.78, 5) is 23.3. The molecule has 1 N–H and O–H groups in total. The van der Waals surface area contributed by atoms with Crippen LogP contribution in [0.1, 0.15) is 33.0 Å². The van der Waals surface area contributed by atoms with Crippen molar-refractivity contribution < 1.29 is 4.79 Å². The molecule has 0 spiro atoms. The molecule has 3 rings (SSSR count). The van der Waals surface area contributed by atoms with Crippen molar-refractivity contribution in [3.05, 3.63) is 82.8 Å². The number of anilines is 2. The van der Waals surface area contributed by atoms with Crippen molar-refractivity contribution in [2.75, 3.05) is 12.4 Å². The smallest absolute Gasteiger partial charge is 0.272 e. The van der Waals surface area contributed by atoms with Crippen LogP contribution < -0.4 is 5.32 Å². The highest BCUT2D eigenvalue weighted by Gasteiger charge is 2.16. The molecule has 1 aromatic heterocycles. The number of benzene rings is 2. The Morgan fingerprint density at radius 2 is 1.74 bits per heavy atom. The van der Waals surface area contributed by atoms with Crippen LogP contribution in [0.4, 0.5) is 11.5 Å². The molecule has 0 aliphatic carbocycles. The van der Waals surface area contributed by atoms with Gasteiger partial charge in [-0.25, -0.2) is 9.97 Å². The lowest BCUT2D eigenvalue weighted by molar-refractivity contribution is 0.0779. The van der Waals surface area contributed by atoms with Crippen molar-refractivity contribution in [2.45, 2.75) is 27.3 Å². The van der Waals surface area contributed by atoms with E-state index in [1.807, 2.05) is 42.5 Å². The Balaban J connectivity index is 1.82. The number of nitrogens with one attached hydrogen (secondary N) is 1. The molecule has 0 bridgehead atoms. The summed E-state index contributed by atoms with van der Waals surface area (Å²) in [7, 11) is 1.78. The molecule has 0 saturated heterocycles. The van der Waals surface area contributed by atoms with Crippen LogP contribution in [-0.2, 0) is 6.54 Å². The molecule has 1 amide bonds. The summed E-state index contributed by atoms with van der Waals surface area (Å²) in [6.07, 6.45) is 0. The molecule has 0 atom stereocenters. The van der Waals surface area contributed by atoms with Crippen molar-refractivity contribution >= 4 is 17.4 Å². The van der Waals surface area contributed by atoms with Crippen molar-refractivity contribution in [1.82, 2.24) is 14.9 Å². The van der Waals surface area contributed by atoms with Gasteiger partial charge in [0.05, 0.1) is 0 Å². The van der Waals surface area contributed by atoms with Gasteiger partial charge in [0, 0.05) is 25.3 Å². The number of amides is 1. The van der Waals surface area contributed by atoms with Crippen molar-refractivity contribution in [3.8, 4) is 0 Å². The summed E-state index contributed by atoms with van der Waals surface area (Å²) < 4.78 is 0.